The van der Waals surface area contributed by atoms with E-state index in [1.165, 1.54) is 5.56 Å². The second-order valence-electron chi connectivity index (χ2n) is 9.13. The molecule has 164 valence electrons. The Morgan fingerprint density at radius 3 is 2.23 bits per heavy atom. The lowest BCUT2D eigenvalue weighted by Crippen LogP contribution is -2.54. The minimum atomic E-state index is -0.0573. The van der Waals surface area contributed by atoms with Crippen molar-refractivity contribution < 1.29 is 9.53 Å². The Bertz CT molecular complexity index is 848. The molecule has 0 bridgehead atoms. The van der Waals surface area contributed by atoms with Crippen LogP contribution in [0.2, 0.25) is 0 Å². The van der Waals surface area contributed by atoms with E-state index in [0.29, 0.717) is 6.54 Å². The summed E-state index contributed by atoms with van der Waals surface area (Å²) < 4.78 is 5.54. The summed E-state index contributed by atoms with van der Waals surface area (Å²) in [5.41, 5.74) is 8.68. The molecule has 2 aromatic carbocycles. The first-order chi connectivity index (χ1) is 14.1. The van der Waals surface area contributed by atoms with E-state index in [1.807, 2.05) is 43.1 Å². The van der Waals surface area contributed by atoms with Crippen LogP contribution in [0, 0.1) is 19.3 Å². The van der Waals surface area contributed by atoms with Gasteiger partial charge in [-0.15, -0.1) is 0 Å². The molecule has 4 nitrogen and oxygen atoms in total. The average Bonchev–Trinajstić information content (AvgIpc) is 2.68. The molecular formula is C26H38N2O2. The lowest BCUT2D eigenvalue weighted by Gasteiger charge is -2.40. The zero-order chi connectivity index (χ0) is 22.5. The fourth-order valence-electron chi connectivity index (χ4n) is 4.28. The second-order valence-corrected chi connectivity index (χ2v) is 9.13. The Balaban J connectivity index is 2.41. The van der Waals surface area contributed by atoms with Crippen molar-refractivity contribution in [2.75, 3.05) is 7.11 Å². The van der Waals surface area contributed by atoms with E-state index in [1.54, 1.807) is 7.11 Å². The number of aryl methyl sites for hydroxylation is 2. The highest BCUT2D eigenvalue weighted by molar-refractivity contribution is 5.94. The van der Waals surface area contributed by atoms with Crippen LogP contribution in [-0.2, 0) is 13.0 Å². The molecule has 1 amide bonds. The number of ether oxygens (including phenoxy) is 1. The van der Waals surface area contributed by atoms with Crippen molar-refractivity contribution in [3.05, 3.63) is 64.2 Å². The molecule has 0 aromatic heterocycles. The molecule has 2 aromatic rings. The molecule has 2 rings (SSSR count). The first kappa shape index (κ1) is 23.9. The lowest BCUT2D eigenvalue weighted by molar-refractivity contribution is 0.0297. The minimum absolute atomic E-state index is 0.0181. The molecule has 0 heterocycles. The Labute approximate surface area is 182 Å². The Morgan fingerprint density at radius 1 is 1.10 bits per heavy atom. The summed E-state index contributed by atoms with van der Waals surface area (Å²) in [5.74, 6) is 0.913. The van der Waals surface area contributed by atoms with Crippen LogP contribution in [0.5, 0.6) is 5.75 Å². The van der Waals surface area contributed by atoms with Crippen molar-refractivity contribution in [2.45, 2.75) is 73.9 Å². The van der Waals surface area contributed by atoms with Gasteiger partial charge in [0.1, 0.15) is 5.75 Å². The van der Waals surface area contributed by atoms with E-state index in [-0.39, 0.29) is 17.4 Å². The summed E-state index contributed by atoms with van der Waals surface area (Å²) in [6.07, 6.45) is 1.74. The van der Waals surface area contributed by atoms with Crippen LogP contribution in [0.25, 0.3) is 0 Å². The van der Waals surface area contributed by atoms with Crippen molar-refractivity contribution in [1.29, 1.82) is 0 Å². The SMILES string of the molecule is CCc1c(CNN(C(=O)c2cc(C)cc(C)c2)C(CC)C(C)(C)C)cccc1OC. The smallest absolute Gasteiger partial charge is 0.268 e. The summed E-state index contributed by atoms with van der Waals surface area (Å²) in [6.45, 7) is 15.5. The minimum Gasteiger partial charge on any atom is -0.496 e. The van der Waals surface area contributed by atoms with E-state index >= 15 is 0 Å². The van der Waals surface area contributed by atoms with Gasteiger partial charge in [0.15, 0.2) is 0 Å². The van der Waals surface area contributed by atoms with Gasteiger partial charge in [0.2, 0.25) is 0 Å². The monoisotopic (exact) mass is 410 g/mol. The van der Waals surface area contributed by atoms with Crippen molar-refractivity contribution >= 4 is 5.91 Å². The van der Waals surface area contributed by atoms with Crippen molar-refractivity contribution in [2.24, 2.45) is 5.41 Å². The van der Waals surface area contributed by atoms with Gasteiger partial charge in [-0.1, -0.05) is 63.9 Å². The quantitative estimate of drug-likeness (QED) is 0.555. The maximum absolute atomic E-state index is 13.6. The Morgan fingerprint density at radius 2 is 1.73 bits per heavy atom. The number of hydrogen-bond acceptors (Lipinski definition) is 3. The normalized spacial score (nSPS) is 12.5. The topological polar surface area (TPSA) is 41.6 Å². The Hall–Kier alpha value is -2.33. The van der Waals surface area contributed by atoms with Gasteiger partial charge in [-0.25, -0.2) is 5.43 Å². The van der Waals surface area contributed by atoms with E-state index in [9.17, 15) is 4.79 Å². The van der Waals surface area contributed by atoms with Gasteiger partial charge in [0, 0.05) is 12.1 Å². The fraction of sp³-hybridized carbons (Fsp3) is 0.500. The maximum Gasteiger partial charge on any atom is 0.268 e. The van der Waals surface area contributed by atoms with E-state index in [0.717, 1.165) is 40.8 Å². The number of hydrogen-bond donors (Lipinski definition) is 1. The van der Waals surface area contributed by atoms with Crippen molar-refractivity contribution in [3.8, 4) is 5.75 Å². The Kier molecular flexibility index (Phi) is 8.08. The molecule has 30 heavy (non-hydrogen) atoms. The molecule has 0 radical (unpaired) electrons. The molecule has 0 aliphatic carbocycles. The summed E-state index contributed by atoms with van der Waals surface area (Å²) in [5, 5.41) is 1.85. The van der Waals surface area contributed by atoms with Crippen LogP contribution in [0.3, 0.4) is 0 Å². The average molecular weight is 411 g/mol. The van der Waals surface area contributed by atoms with Crippen LogP contribution in [0.15, 0.2) is 36.4 Å². The zero-order valence-corrected chi connectivity index (χ0v) is 19.9. The molecule has 0 saturated heterocycles. The molecule has 0 aliphatic rings. The lowest BCUT2D eigenvalue weighted by atomic mass is 9.84. The molecule has 1 N–H and O–H groups in total. The summed E-state index contributed by atoms with van der Waals surface area (Å²) >= 11 is 0. The number of methoxy groups -OCH3 is 1. The molecule has 1 unspecified atom stereocenters. The molecule has 4 heteroatoms. The van der Waals surface area contributed by atoms with Crippen LogP contribution in [0.1, 0.15) is 73.7 Å². The molecule has 1 atom stereocenters. The number of nitrogens with zero attached hydrogens (tertiary/aromatic N) is 1. The van der Waals surface area contributed by atoms with E-state index in [4.69, 9.17) is 4.74 Å². The number of amides is 1. The third kappa shape index (κ3) is 5.63. The fourth-order valence-corrected chi connectivity index (χ4v) is 4.28. The maximum atomic E-state index is 13.6. The van der Waals surface area contributed by atoms with Gasteiger partial charge >= 0.3 is 0 Å². The highest BCUT2D eigenvalue weighted by Crippen LogP contribution is 2.28. The summed E-state index contributed by atoms with van der Waals surface area (Å²) in [6, 6.07) is 12.2. The number of nitrogens with one attached hydrogen (secondary N) is 1. The number of benzene rings is 2. The van der Waals surface area contributed by atoms with Gasteiger partial charge in [0.05, 0.1) is 13.2 Å². The molecule has 0 spiro atoms. The predicted octanol–water partition coefficient (Wildman–Crippen LogP) is 5.85. The van der Waals surface area contributed by atoms with Crippen molar-refractivity contribution in [1.82, 2.24) is 10.4 Å². The number of carbonyl (C=O) groups excluding carboxylic acids is 1. The van der Waals surface area contributed by atoms with Gasteiger partial charge in [-0.3, -0.25) is 9.80 Å². The highest BCUT2D eigenvalue weighted by Gasteiger charge is 2.33. The van der Waals surface area contributed by atoms with E-state index in [2.05, 4.69) is 52.2 Å². The molecular weight excluding hydrogens is 372 g/mol. The third-order valence-corrected chi connectivity index (χ3v) is 5.63. The second kappa shape index (κ2) is 10.1. The number of rotatable bonds is 8. The van der Waals surface area contributed by atoms with Gasteiger partial charge < -0.3 is 4.74 Å². The first-order valence-corrected chi connectivity index (χ1v) is 10.9. The van der Waals surface area contributed by atoms with Crippen LogP contribution < -0.4 is 10.2 Å². The zero-order valence-electron chi connectivity index (χ0n) is 19.9. The van der Waals surface area contributed by atoms with Crippen LogP contribution in [-0.4, -0.2) is 24.1 Å². The highest BCUT2D eigenvalue weighted by atomic mass is 16.5. The van der Waals surface area contributed by atoms with E-state index < -0.39 is 0 Å². The summed E-state index contributed by atoms with van der Waals surface area (Å²) in [4.78, 5) is 13.6. The van der Waals surface area contributed by atoms with Crippen molar-refractivity contribution in [3.63, 3.8) is 0 Å². The van der Waals surface area contributed by atoms with Gasteiger partial charge in [-0.2, -0.15) is 0 Å². The molecule has 0 aliphatic heterocycles. The predicted molar refractivity (Wildman–Crippen MR) is 125 cm³/mol. The summed E-state index contributed by atoms with van der Waals surface area (Å²) in [7, 11) is 1.70. The number of hydrazine groups is 1. The van der Waals surface area contributed by atoms with Gasteiger partial charge in [0.25, 0.3) is 5.91 Å². The third-order valence-electron chi connectivity index (χ3n) is 5.63. The molecule has 0 fully saturated rings. The van der Waals surface area contributed by atoms with Crippen LogP contribution >= 0.6 is 0 Å². The van der Waals surface area contributed by atoms with Gasteiger partial charge in [-0.05, 0) is 61.4 Å². The number of carbonyl (C=O) groups is 1. The first-order valence-electron chi connectivity index (χ1n) is 10.9. The van der Waals surface area contributed by atoms with Crippen LogP contribution in [0.4, 0.5) is 0 Å². The largest absolute Gasteiger partial charge is 0.496 e. The standard InChI is InChI=1S/C26H38N2O2/c1-9-22-20(12-11-13-23(22)30-8)17-27-28(24(10-2)26(5,6)7)25(29)21-15-18(3)14-19(4)16-21/h11-16,24,27H,9-10,17H2,1-8H3. The molecule has 0 saturated carbocycles.